The SMILES string of the molecule is CCc1ccc(S(=O)(=O)Nc2ccc(CC(=O)N3CCOCC3)cc2)s1. The van der Waals surface area contributed by atoms with Gasteiger partial charge in [0, 0.05) is 23.7 Å². The number of anilines is 1. The molecule has 0 radical (unpaired) electrons. The lowest BCUT2D eigenvalue weighted by Crippen LogP contribution is -2.41. The number of hydrogen-bond donors (Lipinski definition) is 1. The molecule has 6 nitrogen and oxygen atoms in total. The number of morpholine rings is 1. The Kier molecular flexibility index (Phi) is 5.95. The van der Waals surface area contributed by atoms with Gasteiger partial charge in [-0.15, -0.1) is 11.3 Å². The van der Waals surface area contributed by atoms with Crippen LogP contribution in [0.25, 0.3) is 0 Å². The first-order valence-electron chi connectivity index (χ1n) is 8.54. The number of aryl methyl sites for hydroxylation is 1. The predicted octanol–water partition coefficient (Wildman–Crippen LogP) is 2.51. The van der Waals surface area contributed by atoms with Crippen LogP contribution in [0.1, 0.15) is 17.4 Å². The second-order valence-electron chi connectivity index (χ2n) is 6.05. The smallest absolute Gasteiger partial charge is 0.271 e. The molecule has 1 aliphatic rings. The highest BCUT2D eigenvalue weighted by Gasteiger charge is 2.18. The topological polar surface area (TPSA) is 75.7 Å². The summed E-state index contributed by atoms with van der Waals surface area (Å²) in [5.74, 6) is 0.0623. The van der Waals surface area contributed by atoms with E-state index in [-0.39, 0.29) is 5.91 Å². The summed E-state index contributed by atoms with van der Waals surface area (Å²) in [6, 6.07) is 10.4. The summed E-state index contributed by atoms with van der Waals surface area (Å²) in [6.07, 6.45) is 1.11. The van der Waals surface area contributed by atoms with Crippen molar-refractivity contribution < 1.29 is 17.9 Å². The first kappa shape index (κ1) is 18.9. The summed E-state index contributed by atoms with van der Waals surface area (Å²) >= 11 is 1.28. The van der Waals surface area contributed by atoms with Crippen LogP contribution in [-0.2, 0) is 32.4 Å². The number of ether oxygens (including phenoxy) is 1. The molecule has 140 valence electrons. The number of carbonyl (C=O) groups is 1. The number of benzene rings is 1. The Hall–Kier alpha value is -1.90. The number of rotatable bonds is 6. The third-order valence-electron chi connectivity index (χ3n) is 4.18. The molecule has 8 heteroatoms. The van der Waals surface area contributed by atoms with Crippen LogP contribution >= 0.6 is 11.3 Å². The lowest BCUT2D eigenvalue weighted by Gasteiger charge is -2.26. The number of sulfonamides is 1. The van der Waals surface area contributed by atoms with Crippen molar-refractivity contribution in [2.45, 2.75) is 24.0 Å². The van der Waals surface area contributed by atoms with Crippen molar-refractivity contribution in [3.63, 3.8) is 0 Å². The van der Waals surface area contributed by atoms with Crippen molar-refractivity contribution >= 4 is 33.0 Å². The first-order chi connectivity index (χ1) is 12.5. The van der Waals surface area contributed by atoms with Gasteiger partial charge in [0.15, 0.2) is 0 Å². The second-order valence-corrected chi connectivity index (χ2v) is 9.12. The fourth-order valence-corrected chi connectivity index (χ4v) is 5.04. The van der Waals surface area contributed by atoms with E-state index in [1.807, 2.05) is 13.0 Å². The minimum absolute atomic E-state index is 0.0623. The Labute approximate surface area is 157 Å². The Balaban J connectivity index is 1.62. The molecule has 1 aromatic heterocycles. The third-order valence-corrected chi connectivity index (χ3v) is 7.28. The van der Waals surface area contributed by atoms with E-state index in [1.165, 1.54) is 11.3 Å². The van der Waals surface area contributed by atoms with Crippen LogP contribution < -0.4 is 4.72 Å². The average Bonchev–Trinajstić information content (AvgIpc) is 3.14. The molecule has 1 fully saturated rings. The monoisotopic (exact) mass is 394 g/mol. The highest BCUT2D eigenvalue weighted by atomic mass is 32.2. The molecule has 1 N–H and O–H groups in total. The van der Waals surface area contributed by atoms with Gasteiger partial charge in [0.05, 0.1) is 19.6 Å². The molecule has 26 heavy (non-hydrogen) atoms. The van der Waals surface area contributed by atoms with E-state index in [0.29, 0.717) is 42.6 Å². The largest absolute Gasteiger partial charge is 0.378 e. The quantitative estimate of drug-likeness (QED) is 0.817. The van der Waals surface area contributed by atoms with E-state index < -0.39 is 10.0 Å². The van der Waals surface area contributed by atoms with Crippen molar-refractivity contribution in [1.29, 1.82) is 0 Å². The van der Waals surface area contributed by atoms with Crippen molar-refractivity contribution in [1.82, 2.24) is 4.90 Å². The van der Waals surface area contributed by atoms with Crippen molar-refractivity contribution in [3.05, 3.63) is 46.8 Å². The molecule has 0 bridgehead atoms. The van der Waals surface area contributed by atoms with Crippen LogP contribution in [0.2, 0.25) is 0 Å². The maximum atomic E-state index is 12.4. The Bertz CT molecular complexity index is 854. The van der Waals surface area contributed by atoms with Gasteiger partial charge in [-0.3, -0.25) is 9.52 Å². The molecule has 1 aliphatic heterocycles. The Morgan fingerprint density at radius 3 is 2.46 bits per heavy atom. The zero-order chi connectivity index (χ0) is 18.6. The lowest BCUT2D eigenvalue weighted by atomic mass is 10.1. The number of amides is 1. The molecule has 0 aliphatic carbocycles. The van der Waals surface area contributed by atoms with E-state index >= 15 is 0 Å². The maximum absolute atomic E-state index is 12.4. The average molecular weight is 395 g/mol. The third kappa shape index (κ3) is 4.63. The van der Waals surface area contributed by atoms with E-state index in [2.05, 4.69) is 4.72 Å². The number of carbonyl (C=O) groups excluding carboxylic acids is 1. The number of nitrogens with one attached hydrogen (secondary N) is 1. The van der Waals surface area contributed by atoms with E-state index in [0.717, 1.165) is 16.9 Å². The van der Waals surface area contributed by atoms with Crippen LogP contribution in [0.5, 0.6) is 0 Å². The van der Waals surface area contributed by atoms with Crippen LogP contribution in [0.15, 0.2) is 40.6 Å². The van der Waals surface area contributed by atoms with E-state index in [1.54, 1.807) is 35.2 Å². The van der Waals surface area contributed by atoms with Gasteiger partial charge in [-0.05, 0) is 36.2 Å². The van der Waals surface area contributed by atoms with Gasteiger partial charge in [-0.1, -0.05) is 19.1 Å². The van der Waals surface area contributed by atoms with Gasteiger partial charge in [0.1, 0.15) is 4.21 Å². The summed E-state index contributed by atoms with van der Waals surface area (Å²) in [7, 11) is -3.58. The fraction of sp³-hybridized carbons (Fsp3) is 0.389. The zero-order valence-electron chi connectivity index (χ0n) is 14.6. The Morgan fingerprint density at radius 1 is 1.15 bits per heavy atom. The normalized spacial score (nSPS) is 15.0. The minimum Gasteiger partial charge on any atom is -0.378 e. The van der Waals surface area contributed by atoms with Gasteiger partial charge >= 0.3 is 0 Å². The molecular formula is C18H22N2O4S2. The van der Waals surface area contributed by atoms with E-state index in [9.17, 15) is 13.2 Å². The molecule has 1 amide bonds. The van der Waals surface area contributed by atoms with Gasteiger partial charge in [-0.2, -0.15) is 0 Å². The second kappa shape index (κ2) is 8.20. The standard InChI is InChI=1S/C18H22N2O4S2/c1-2-16-7-8-18(25-16)26(22,23)19-15-5-3-14(4-6-15)13-17(21)20-9-11-24-12-10-20/h3-8,19H,2,9-13H2,1H3. The summed E-state index contributed by atoms with van der Waals surface area (Å²) < 4.78 is 33.0. The van der Waals surface area contributed by atoms with Gasteiger partial charge in [0.25, 0.3) is 10.0 Å². The molecule has 2 heterocycles. The molecule has 1 aromatic carbocycles. The highest BCUT2D eigenvalue weighted by molar-refractivity contribution is 7.94. The molecule has 0 spiro atoms. The summed E-state index contributed by atoms with van der Waals surface area (Å²) in [6.45, 7) is 4.39. The van der Waals surface area contributed by atoms with Crippen LogP contribution in [-0.4, -0.2) is 45.5 Å². The van der Waals surface area contributed by atoms with Crippen molar-refractivity contribution in [3.8, 4) is 0 Å². The van der Waals surface area contributed by atoms with Gasteiger partial charge in [0.2, 0.25) is 5.91 Å². The number of thiophene rings is 1. The zero-order valence-corrected chi connectivity index (χ0v) is 16.2. The lowest BCUT2D eigenvalue weighted by molar-refractivity contribution is -0.134. The molecular weight excluding hydrogens is 372 g/mol. The number of nitrogens with zero attached hydrogens (tertiary/aromatic N) is 1. The predicted molar refractivity (Wildman–Crippen MR) is 102 cm³/mol. The molecule has 1 saturated heterocycles. The highest BCUT2D eigenvalue weighted by Crippen LogP contribution is 2.24. The van der Waals surface area contributed by atoms with Gasteiger partial charge in [-0.25, -0.2) is 8.42 Å². The fourth-order valence-electron chi connectivity index (χ4n) is 2.69. The van der Waals surface area contributed by atoms with Gasteiger partial charge < -0.3 is 9.64 Å². The molecule has 2 aromatic rings. The van der Waals surface area contributed by atoms with Crippen LogP contribution in [0, 0.1) is 0 Å². The maximum Gasteiger partial charge on any atom is 0.271 e. The van der Waals surface area contributed by atoms with Crippen molar-refractivity contribution in [2.24, 2.45) is 0 Å². The first-order valence-corrected chi connectivity index (χ1v) is 10.8. The molecule has 0 saturated carbocycles. The summed E-state index contributed by atoms with van der Waals surface area (Å²) in [5, 5.41) is 0. The minimum atomic E-state index is -3.58. The van der Waals surface area contributed by atoms with E-state index in [4.69, 9.17) is 4.74 Å². The van der Waals surface area contributed by atoms with Crippen LogP contribution in [0.4, 0.5) is 5.69 Å². The summed E-state index contributed by atoms with van der Waals surface area (Å²) in [5.41, 5.74) is 1.34. The van der Waals surface area contributed by atoms with Crippen LogP contribution in [0.3, 0.4) is 0 Å². The summed E-state index contributed by atoms with van der Waals surface area (Å²) in [4.78, 5) is 15.1. The van der Waals surface area contributed by atoms with Crippen molar-refractivity contribution in [2.75, 3.05) is 31.0 Å². The number of hydrogen-bond acceptors (Lipinski definition) is 5. The molecule has 0 atom stereocenters. The molecule has 0 unspecified atom stereocenters. The Morgan fingerprint density at radius 2 is 1.85 bits per heavy atom. The molecule has 3 rings (SSSR count).